The van der Waals surface area contributed by atoms with Crippen LogP contribution in [0, 0.1) is 0 Å². The van der Waals surface area contributed by atoms with Crippen LogP contribution in [0.3, 0.4) is 0 Å². The predicted octanol–water partition coefficient (Wildman–Crippen LogP) is 13.8. The molecule has 11 aromatic rings. The van der Waals surface area contributed by atoms with Crippen LogP contribution in [0.15, 0.2) is 186 Å². The standard InChI is InChI=1S/C54H36N4O/c1-54(2)43-23-11-9-20-39(43)49-41(22-13-24-44(49)54)53-56-51(34-28-30-46-42(31-34)38-19-10-12-25-45(38)58(46)36-17-7-4-8-18-36)55-52(57-53)35-27-29-40-48(32-35)59-47-26-14-21-37(50(40)47)33-15-5-3-6-16-33/h3-32H,1-2H3. The number of fused-ring (bicyclic) bond motifs is 9. The number of rotatable bonds is 5. The molecule has 8 aromatic carbocycles. The summed E-state index contributed by atoms with van der Waals surface area (Å²) in [5.74, 6) is 1.84. The topological polar surface area (TPSA) is 56.7 Å². The van der Waals surface area contributed by atoms with E-state index >= 15 is 0 Å². The summed E-state index contributed by atoms with van der Waals surface area (Å²) in [5.41, 5.74) is 14.9. The van der Waals surface area contributed by atoms with Gasteiger partial charge >= 0.3 is 0 Å². The number of hydrogen-bond donors (Lipinski definition) is 0. The second kappa shape index (κ2) is 12.7. The molecule has 0 spiro atoms. The Morgan fingerprint density at radius 3 is 1.90 bits per heavy atom. The number of hydrogen-bond acceptors (Lipinski definition) is 4. The highest BCUT2D eigenvalue weighted by atomic mass is 16.3. The van der Waals surface area contributed by atoms with Gasteiger partial charge in [0.05, 0.1) is 11.0 Å². The first-order valence-corrected chi connectivity index (χ1v) is 20.1. The summed E-state index contributed by atoms with van der Waals surface area (Å²) >= 11 is 0. The Kier molecular flexibility index (Phi) is 7.20. The molecule has 0 atom stereocenters. The third-order valence-corrected chi connectivity index (χ3v) is 12.3. The summed E-state index contributed by atoms with van der Waals surface area (Å²) in [4.78, 5) is 15.9. The second-order valence-corrected chi connectivity index (χ2v) is 16.0. The first-order valence-electron chi connectivity index (χ1n) is 20.1. The Labute approximate surface area is 340 Å². The number of aromatic nitrogens is 4. The molecule has 59 heavy (non-hydrogen) atoms. The molecule has 0 saturated carbocycles. The monoisotopic (exact) mass is 756 g/mol. The fourth-order valence-electron chi connectivity index (χ4n) is 9.49. The number of furan rings is 1. The van der Waals surface area contributed by atoms with Crippen LogP contribution < -0.4 is 0 Å². The van der Waals surface area contributed by atoms with E-state index < -0.39 is 0 Å². The van der Waals surface area contributed by atoms with E-state index in [2.05, 4.69) is 188 Å². The maximum absolute atomic E-state index is 6.58. The molecule has 0 aliphatic heterocycles. The van der Waals surface area contributed by atoms with Crippen LogP contribution in [0.1, 0.15) is 25.0 Å². The lowest BCUT2D eigenvalue weighted by Gasteiger charge is -2.21. The van der Waals surface area contributed by atoms with Gasteiger partial charge in [-0.25, -0.2) is 15.0 Å². The van der Waals surface area contributed by atoms with E-state index in [4.69, 9.17) is 19.4 Å². The summed E-state index contributed by atoms with van der Waals surface area (Å²) in [7, 11) is 0. The molecular weight excluding hydrogens is 721 g/mol. The van der Waals surface area contributed by atoms with Gasteiger partial charge in [0, 0.05) is 49.3 Å². The number of benzene rings is 8. The van der Waals surface area contributed by atoms with E-state index in [0.29, 0.717) is 17.5 Å². The Hall–Kier alpha value is -7.63. The maximum atomic E-state index is 6.58. The van der Waals surface area contributed by atoms with Gasteiger partial charge in [-0.15, -0.1) is 0 Å². The third-order valence-electron chi connectivity index (χ3n) is 12.3. The zero-order valence-corrected chi connectivity index (χ0v) is 32.5. The van der Waals surface area contributed by atoms with Gasteiger partial charge in [-0.3, -0.25) is 0 Å². The SMILES string of the molecule is CC1(C)c2ccccc2-c2c(-c3nc(-c4ccc5c(c4)oc4cccc(-c6ccccc6)c45)nc(-c4ccc5c(c4)c4ccccc4n5-c4ccccc4)n3)cccc21. The highest BCUT2D eigenvalue weighted by Gasteiger charge is 2.37. The molecule has 1 aliphatic rings. The van der Waals surface area contributed by atoms with E-state index in [1.807, 2.05) is 12.1 Å². The van der Waals surface area contributed by atoms with Crippen LogP contribution >= 0.6 is 0 Å². The van der Waals surface area contributed by atoms with Gasteiger partial charge in [0.15, 0.2) is 17.5 Å². The Bertz CT molecular complexity index is 3470. The number of para-hydroxylation sites is 2. The summed E-state index contributed by atoms with van der Waals surface area (Å²) < 4.78 is 8.91. The molecule has 0 N–H and O–H groups in total. The van der Waals surface area contributed by atoms with Crippen LogP contribution in [0.5, 0.6) is 0 Å². The van der Waals surface area contributed by atoms with Crippen molar-refractivity contribution < 1.29 is 4.42 Å². The average Bonchev–Trinajstić information content (AvgIpc) is 3.91. The molecule has 0 fully saturated rings. The predicted molar refractivity (Wildman–Crippen MR) is 241 cm³/mol. The van der Waals surface area contributed by atoms with Crippen LogP contribution in [0.2, 0.25) is 0 Å². The third kappa shape index (κ3) is 5.08. The Morgan fingerprint density at radius 2 is 1.05 bits per heavy atom. The first-order chi connectivity index (χ1) is 29.0. The van der Waals surface area contributed by atoms with Crippen molar-refractivity contribution in [1.29, 1.82) is 0 Å². The van der Waals surface area contributed by atoms with Crippen LogP contribution in [-0.2, 0) is 5.41 Å². The van der Waals surface area contributed by atoms with Crippen molar-refractivity contribution in [2.75, 3.05) is 0 Å². The molecule has 5 nitrogen and oxygen atoms in total. The van der Waals surface area contributed by atoms with Gasteiger partial charge in [0.25, 0.3) is 0 Å². The van der Waals surface area contributed by atoms with Gasteiger partial charge < -0.3 is 8.98 Å². The van der Waals surface area contributed by atoms with E-state index in [0.717, 1.165) is 71.9 Å². The van der Waals surface area contributed by atoms with Crippen LogP contribution in [0.4, 0.5) is 0 Å². The van der Waals surface area contributed by atoms with E-state index in [1.54, 1.807) is 0 Å². The molecule has 0 unspecified atom stereocenters. The highest BCUT2D eigenvalue weighted by Crippen LogP contribution is 2.52. The largest absolute Gasteiger partial charge is 0.456 e. The first kappa shape index (κ1) is 33.5. The van der Waals surface area contributed by atoms with Crippen molar-refractivity contribution in [2.45, 2.75) is 19.3 Å². The van der Waals surface area contributed by atoms with Gasteiger partial charge in [0.1, 0.15) is 11.2 Å². The molecule has 5 heteroatoms. The smallest absolute Gasteiger partial charge is 0.164 e. The second-order valence-electron chi connectivity index (χ2n) is 16.0. The van der Waals surface area contributed by atoms with Crippen molar-refractivity contribution in [3.63, 3.8) is 0 Å². The molecular formula is C54H36N4O. The maximum Gasteiger partial charge on any atom is 0.164 e. The fraction of sp³-hybridized carbons (Fsp3) is 0.0556. The molecule has 0 bridgehead atoms. The average molecular weight is 757 g/mol. The summed E-state index contributed by atoms with van der Waals surface area (Å²) in [6.07, 6.45) is 0. The lowest BCUT2D eigenvalue weighted by atomic mass is 9.82. The number of nitrogens with zero attached hydrogens (tertiary/aromatic N) is 4. The Morgan fingerprint density at radius 1 is 0.424 bits per heavy atom. The van der Waals surface area contributed by atoms with E-state index in [9.17, 15) is 0 Å². The van der Waals surface area contributed by atoms with Gasteiger partial charge in [-0.05, 0) is 88.0 Å². The molecule has 12 rings (SSSR count). The highest BCUT2D eigenvalue weighted by molar-refractivity contribution is 6.13. The minimum absolute atomic E-state index is 0.163. The molecule has 3 heterocycles. The van der Waals surface area contributed by atoms with Crippen molar-refractivity contribution in [2.24, 2.45) is 0 Å². The molecule has 0 saturated heterocycles. The lowest BCUT2D eigenvalue weighted by molar-refractivity contribution is 0.660. The normalized spacial score (nSPS) is 13.1. The van der Waals surface area contributed by atoms with Crippen molar-refractivity contribution in [3.8, 4) is 62.1 Å². The summed E-state index contributed by atoms with van der Waals surface area (Å²) in [5, 5.41) is 4.46. The molecule has 278 valence electrons. The van der Waals surface area contributed by atoms with Crippen LogP contribution in [0.25, 0.3) is 106 Å². The quantitative estimate of drug-likeness (QED) is 0.175. The Balaban J connectivity index is 1.09. The van der Waals surface area contributed by atoms with E-state index in [-0.39, 0.29) is 5.41 Å². The summed E-state index contributed by atoms with van der Waals surface area (Å²) in [6, 6.07) is 64.1. The van der Waals surface area contributed by atoms with Crippen molar-refractivity contribution in [1.82, 2.24) is 19.5 Å². The van der Waals surface area contributed by atoms with Gasteiger partial charge in [0.2, 0.25) is 0 Å². The molecule has 0 amide bonds. The van der Waals surface area contributed by atoms with Crippen molar-refractivity contribution in [3.05, 3.63) is 193 Å². The summed E-state index contributed by atoms with van der Waals surface area (Å²) in [6.45, 7) is 4.61. The molecule has 3 aromatic heterocycles. The lowest BCUT2D eigenvalue weighted by Crippen LogP contribution is -2.14. The van der Waals surface area contributed by atoms with Gasteiger partial charge in [-0.1, -0.05) is 141 Å². The molecule has 1 aliphatic carbocycles. The fourth-order valence-corrected chi connectivity index (χ4v) is 9.49. The van der Waals surface area contributed by atoms with Crippen LogP contribution in [-0.4, -0.2) is 19.5 Å². The molecule has 0 radical (unpaired) electrons. The van der Waals surface area contributed by atoms with Crippen molar-refractivity contribution >= 4 is 43.7 Å². The van der Waals surface area contributed by atoms with Gasteiger partial charge in [-0.2, -0.15) is 0 Å². The van der Waals surface area contributed by atoms with E-state index in [1.165, 1.54) is 27.6 Å². The zero-order valence-electron chi connectivity index (χ0n) is 32.5. The minimum atomic E-state index is -0.163. The minimum Gasteiger partial charge on any atom is -0.456 e. The zero-order chi connectivity index (χ0) is 39.2.